The Balaban J connectivity index is 2.40. The molecule has 2 amide bonds. The van der Waals surface area contributed by atoms with Gasteiger partial charge in [-0.2, -0.15) is 0 Å². The molecule has 0 heterocycles. The highest BCUT2D eigenvalue weighted by atomic mass is 79.9. The molecule has 32 heavy (non-hydrogen) atoms. The number of likely N-dealkylation sites (N-methyl/N-ethyl adjacent to an activating group) is 1. The molecule has 0 saturated heterocycles. The quantitative estimate of drug-likeness (QED) is 0.493. The van der Waals surface area contributed by atoms with Crippen molar-refractivity contribution in [1.82, 2.24) is 10.2 Å². The van der Waals surface area contributed by atoms with Gasteiger partial charge in [0, 0.05) is 22.6 Å². The summed E-state index contributed by atoms with van der Waals surface area (Å²) in [4.78, 5) is 27.5. The van der Waals surface area contributed by atoms with Crippen LogP contribution in [0.15, 0.2) is 53.0 Å². The first-order chi connectivity index (χ1) is 15.1. The summed E-state index contributed by atoms with van der Waals surface area (Å²) >= 11 is 9.29. The van der Waals surface area contributed by atoms with Gasteiger partial charge in [0.2, 0.25) is 21.8 Å². The van der Waals surface area contributed by atoms with Gasteiger partial charge in [-0.1, -0.05) is 46.6 Å². The molecule has 2 aromatic carbocycles. The largest absolute Gasteiger partial charge is 0.355 e. The van der Waals surface area contributed by atoms with E-state index in [0.717, 1.165) is 20.6 Å². The molecular formula is C22H27BrClN3O4S. The number of amides is 2. The highest BCUT2D eigenvalue weighted by Gasteiger charge is 2.31. The Hall–Kier alpha value is -2.10. The van der Waals surface area contributed by atoms with E-state index in [2.05, 4.69) is 21.2 Å². The molecule has 1 unspecified atom stereocenters. The van der Waals surface area contributed by atoms with Gasteiger partial charge in [-0.25, -0.2) is 8.42 Å². The average Bonchev–Trinajstić information content (AvgIpc) is 2.73. The van der Waals surface area contributed by atoms with Crippen molar-refractivity contribution in [1.29, 1.82) is 0 Å². The van der Waals surface area contributed by atoms with Gasteiger partial charge in [0.1, 0.15) is 12.6 Å². The summed E-state index contributed by atoms with van der Waals surface area (Å²) in [6.07, 6.45) is 1.43. The van der Waals surface area contributed by atoms with Crippen molar-refractivity contribution in [2.75, 3.05) is 23.7 Å². The molecule has 0 spiro atoms. The van der Waals surface area contributed by atoms with Crippen LogP contribution in [0.2, 0.25) is 5.02 Å². The number of carbonyl (C=O) groups excluding carboxylic acids is 2. The minimum atomic E-state index is -3.75. The summed E-state index contributed by atoms with van der Waals surface area (Å²) in [6.45, 7) is 3.75. The van der Waals surface area contributed by atoms with Crippen molar-refractivity contribution in [3.05, 3.63) is 63.6 Å². The van der Waals surface area contributed by atoms with Crippen molar-refractivity contribution < 1.29 is 18.0 Å². The van der Waals surface area contributed by atoms with Gasteiger partial charge < -0.3 is 10.2 Å². The maximum atomic E-state index is 13.4. The molecule has 0 saturated carbocycles. The maximum Gasteiger partial charge on any atom is 0.244 e. The lowest BCUT2D eigenvalue weighted by atomic mass is 10.1. The third-order valence-corrected chi connectivity index (χ3v) is 6.72. The number of sulfonamides is 1. The van der Waals surface area contributed by atoms with Gasteiger partial charge in [0.05, 0.1) is 11.9 Å². The molecule has 1 N–H and O–H groups in total. The van der Waals surface area contributed by atoms with Crippen molar-refractivity contribution in [3.63, 3.8) is 0 Å². The van der Waals surface area contributed by atoms with Crippen LogP contribution < -0.4 is 9.62 Å². The Morgan fingerprint density at radius 2 is 1.66 bits per heavy atom. The number of benzene rings is 2. The summed E-state index contributed by atoms with van der Waals surface area (Å²) in [5.41, 5.74) is 1.14. The predicted octanol–water partition coefficient (Wildman–Crippen LogP) is 3.81. The van der Waals surface area contributed by atoms with E-state index in [0.29, 0.717) is 23.7 Å². The lowest BCUT2D eigenvalue weighted by Gasteiger charge is -2.32. The van der Waals surface area contributed by atoms with Crippen LogP contribution in [0.4, 0.5) is 5.69 Å². The molecule has 0 aliphatic rings. The van der Waals surface area contributed by atoms with Crippen molar-refractivity contribution in [3.8, 4) is 0 Å². The van der Waals surface area contributed by atoms with Crippen LogP contribution in [0, 0.1) is 0 Å². The van der Waals surface area contributed by atoms with Gasteiger partial charge in [0.15, 0.2) is 0 Å². The van der Waals surface area contributed by atoms with Gasteiger partial charge in [-0.15, -0.1) is 0 Å². The van der Waals surface area contributed by atoms with E-state index in [1.807, 2.05) is 6.92 Å². The number of hydrogen-bond acceptors (Lipinski definition) is 4. The van der Waals surface area contributed by atoms with Gasteiger partial charge in [-0.3, -0.25) is 13.9 Å². The maximum absolute atomic E-state index is 13.4. The molecule has 0 fully saturated rings. The van der Waals surface area contributed by atoms with Crippen molar-refractivity contribution in [2.24, 2.45) is 0 Å². The number of nitrogens with one attached hydrogen (secondary N) is 1. The topological polar surface area (TPSA) is 86.8 Å². The van der Waals surface area contributed by atoms with Gasteiger partial charge >= 0.3 is 0 Å². The number of nitrogens with zero attached hydrogens (tertiary/aromatic N) is 2. The van der Waals surface area contributed by atoms with Crippen LogP contribution in [0.1, 0.15) is 25.8 Å². The lowest BCUT2D eigenvalue weighted by Crippen LogP contribution is -2.52. The molecule has 1 atom stereocenters. The van der Waals surface area contributed by atoms with Crippen LogP contribution >= 0.6 is 27.5 Å². The zero-order valence-electron chi connectivity index (χ0n) is 18.2. The van der Waals surface area contributed by atoms with Crippen molar-refractivity contribution in [2.45, 2.75) is 32.9 Å². The van der Waals surface area contributed by atoms with Crippen LogP contribution in [0.5, 0.6) is 0 Å². The third kappa shape index (κ3) is 7.21. The molecule has 2 rings (SSSR count). The second-order valence-corrected chi connectivity index (χ2v) is 10.5. The van der Waals surface area contributed by atoms with E-state index in [1.165, 1.54) is 4.90 Å². The minimum Gasteiger partial charge on any atom is -0.355 e. The summed E-state index contributed by atoms with van der Waals surface area (Å²) in [6, 6.07) is 12.8. The first kappa shape index (κ1) is 26.2. The van der Waals surface area contributed by atoms with Crippen LogP contribution in [0.25, 0.3) is 0 Å². The summed E-state index contributed by atoms with van der Waals surface area (Å²) in [5, 5.41) is 3.31. The third-order valence-electron chi connectivity index (χ3n) is 4.80. The van der Waals surface area contributed by atoms with E-state index in [1.54, 1.807) is 55.5 Å². The zero-order valence-corrected chi connectivity index (χ0v) is 21.4. The van der Waals surface area contributed by atoms with E-state index in [-0.39, 0.29) is 12.5 Å². The summed E-state index contributed by atoms with van der Waals surface area (Å²) < 4.78 is 26.8. The van der Waals surface area contributed by atoms with E-state index >= 15 is 0 Å². The van der Waals surface area contributed by atoms with E-state index in [4.69, 9.17) is 11.6 Å². The molecule has 0 radical (unpaired) electrons. The highest BCUT2D eigenvalue weighted by Crippen LogP contribution is 2.22. The first-order valence-electron chi connectivity index (χ1n) is 10.1. The smallest absolute Gasteiger partial charge is 0.244 e. The Morgan fingerprint density at radius 1 is 1.06 bits per heavy atom. The van der Waals surface area contributed by atoms with E-state index < -0.39 is 28.5 Å². The fourth-order valence-electron chi connectivity index (χ4n) is 3.22. The van der Waals surface area contributed by atoms with Crippen LogP contribution in [0.3, 0.4) is 0 Å². The minimum absolute atomic E-state index is 0.142. The fraction of sp³-hybridized carbons (Fsp3) is 0.364. The SMILES string of the molecule is CCNC(=O)C(CC)N(Cc1ccc(Cl)cc1)C(=O)CN(c1ccc(Br)cc1)S(C)(=O)=O. The highest BCUT2D eigenvalue weighted by molar-refractivity contribution is 9.10. The zero-order chi connectivity index (χ0) is 23.9. The second-order valence-electron chi connectivity index (χ2n) is 7.21. The normalized spacial score (nSPS) is 12.2. The molecule has 174 valence electrons. The van der Waals surface area contributed by atoms with Crippen LogP contribution in [-0.4, -0.2) is 50.5 Å². The van der Waals surface area contributed by atoms with Gasteiger partial charge in [-0.05, 0) is 55.3 Å². The van der Waals surface area contributed by atoms with Crippen molar-refractivity contribution >= 4 is 55.1 Å². The Labute approximate surface area is 202 Å². The van der Waals surface area contributed by atoms with Crippen LogP contribution in [-0.2, 0) is 26.2 Å². The molecule has 0 bridgehead atoms. The number of rotatable bonds is 10. The average molecular weight is 545 g/mol. The molecule has 0 aliphatic carbocycles. The van der Waals surface area contributed by atoms with E-state index in [9.17, 15) is 18.0 Å². The fourth-order valence-corrected chi connectivity index (χ4v) is 4.46. The molecule has 10 heteroatoms. The number of hydrogen-bond donors (Lipinski definition) is 1. The molecular weight excluding hydrogens is 518 g/mol. The molecule has 0 aromatic heterocycles. The summed E-state index contributed by atoms with van der Waals surface area (Å²) in [5.74, 6) is -0.766. The van der Waals surface area contributed by atoms with Gasteiger partial charge in [0.25, 0.3) is 0 Å². The second kappa shape index (κ2) is 11.7. The Morgan fingerprint density at radius 3 is 2.16 bits per heavy atom. The molecule has 0 aliphatic heterocycles. The number of halogens is 2. The standard InChI is InChI=1S/C22H27BrClN3O4S/c1-4-20(22(29)25-5-2)26(14-16-6-10-18(24)11-7-16)21(28)15-27(32(3,30)31)19-12-8-17(23)9-13-19/h6-13,20H,4-5,14-15H2,1-3H3,(H,25,29). The molecule has 2 aromatic rings. The monoisotopic (exact) mass is 543 g/mol. The summed E-state index contributed by atoms with van der Waals surface area (Å²) in [7, 11) is -3.75. The Bertz CT molecular complexity index is 1030. The first-order valence-corrected chi connectivity index (χ1v) is 13.1. The molecule has 7 nitrogen and oxygen atoms in total. The Kier molecular flexibility index (Phi) is 9.54. The lowest BCUT2D eigenvalue weighted by molar-refractivity contribution is -0.140. The predicted molar refractivity (Wildman–Crippen MR) is 131 cm³/mol. The number of anilines is 1. The number of carbonyl (C=O) groups is 2.